The van der Waals surface area contributed by atoms with Crippen molar-refractivity contribution in [2.75, 3.05) is 26.4 Å². The van der Waals surface area contributed by atoms with Gasteiger partial charge in [0.1, 0.15) is 0 Å². The zero-order valence-electron chi connectivity index (χ0n) is 10.8. The van der Waals surface area contributed by atoms with Crippen LogP contribution in [-0.4, -0.2) is 40.8 Å². The van der Waals surface area contributed by atoms with Crippen LogP contribution >= 0.6 is 35.3 Å². The van der Waals surface area contributed by atoms with Gasteiger partial charge in [0.05, 0.1) is 6.26 Å². The number of thiophene rings is 1. The molecule has 0 aliphatic rings. The topological polar surface area (TPSA) is 82.6 Å². The summed E-state index contributed by atoms with van der Waals surface area (Å²) in [5, 5.41) is 10.2. The van der Waals surface area contributed by atoms with Crippen molar-refractivity contribution in [3.63, 3.8) is 0 Å². The molecule has 0 atom stereocenters. The molecule has 0 amide bonds. The predicted octanol–water partition coefficient (Wildman–Crippen LogP) is 0.580. The van der Waals surface area contributed by atoms with Crippen LogP contribution in [0.1, 0.15) is 5.56 Å². The summed E-state index contributed by atoms with van der Waals surface area (Å²) >= 11 is 1.65. The fraction of sp³-hybridized carbons (Fsp3) is 0.500. The van der Waals surface area contributed by atoms with Crippen molar-refractivity contribution in [1.29, 1.82) is 0 Å². The van der Waals surface area contributed by atoms with E-state index in [0.717, 1.165) is 6.26 Å². The Kier molecular flexibility index (Phi) is 9.31. The van der Waals surface area contributed by atoms with Gasteiger partial charge in [0.25, 0.3) is 0 Å². The average molecular weight is 418 g/mol. The average Bonchev–Trinajstić information content (AvgIpc) is 2.79. The third-order valence-corrected chi connectivity index (χ3v) is 3.51. The maximum Gasteiger partial charge on any atom is 0.208 e. The van der Waals surface area contributed by atoms with E-state index in [1.165, 1.54) is 5.56 Å². The van der Waals surface area contributed by atoms with Crippen molar-refractivity contribution >= 4 is 51.3 Å². The Morgan fingerprint density at radius 3 is 2.63 bits per heavy atom. The lowest BCUT2D eigenvalue weighted by atomic mass is 10.3. The van der Waals surface area contributed by atoms with Crippen LogP contribution in [0.3, 0.4) is 0 Å². The van der Waals surface area contributed by atoms with Crippen LogP contribution in [0.2, 0.25) is 0 Å². The van der Waals surface area contributed by atoms with E-state index < -0.39 is 10.0 Å². The fourth-order valence-electron chi connectivity index (χ4n) is 1.22. The highest BCUT2D eigenvalue weighted by Crippen LogP contribution is 2.04. The van der Waals surface area contributed by atoms with Gasteiger partial charge in [0.2, 0.25) is 10.0 Å². The fourth-order valence-corrected chi connectivity index (χ4v) is 2.36. The van der Waals surface area contributed by atoms with Crippen LogP contribution in [-0.2, 0) is 16.6 Å². The van der Waals surface area contributed by atoms with Crippen molar-refractivity contribution in [1.82, 2.24) is 15.4 Å². The Bertz CT molecular complexity index is 474. The van der Waals surface area contributed by atoms with Gasteiger partial charge >= 0.3 is 0 Å². The Balaban J connectivity index is 0.00000324. The Morgan fingerprint density at radius 2 is 2.11 bits per heavy atom. The first-order valence-corrected chi connectivity index (χ1v) is 8.25. The number of hydrogen-bond donors (Lipinski definition) is 3. The summed E-state index contributed by atoms with van der Waals surface area (Å²) in [6, 6.07) is 2.04. The van der Waals surface area contributed by atoms with Gasteiger partial charge in [-0.2, -0.15) is 11.3 Å². The molecule has 0 radical (unpaired) electrons. The summed E-state index contributed by atoms with van der Waals surface area (Å²) in [5.74, 6) is 0.650. The van der Waals surface area contributed by atoms with Gasteiger partial charge in [-0.05, 0) is 22.4 Å². The highest BCUT2D eigenvalue weighted by molar-refractivity contribution is 14.0. The van der Waals surface area contributed by atoms with E-state index in [9.17, 15) is 8.42 Å². The second kappa shape index (κ2) is 9.50. The number of nitrogens with zero attached hydrogens (tertiary/aromatic N) is 1. The van der Waals surface area contributed by atoms with E-state index >= 15 is 0 Å². The van der Waals surface area contributed by atoms with Gasteiger partial charge in [-0.1, -0.05) is 0 Å². The number of aliphatic imine (C=N–C) groups is 1. The normalized spacial score (nSPS) is 11.8. The first-order chi connectivity index (χ1) is 8.51. The van der Waals surface area contributed by atoms with E-state index in [2.05, 4.69) is 25.7 Å². The van der Waals surface area contributed by atoms with Crippen molar-refractivity contribution in [2.24, 2.45) is 4.99 Å². The minimum Gasteiger partial charge on any atom is -0.355 e. The molecule has 19 heavy (non-hydrogen) atoms. The number of rotatable bonds is 6. The quantitative estimate of drug-likeness (QED) is 0.273. The Hall–Kier alpha value is -0.390. The maximum absolute atomic E-state index is 10.8. The molecule has 0 aromatic carbocycles. The Morgan fingerprint density at radius 1 is 1.37 bits per heavy atom. The smallest absolute Gasteiger partial charge is 0.208 e. The first-order valence-electron chi connectivity index (χ1n) is 5.41. The molecule has 0 unspecified atom stereocenters. The second-order valence-electron chi connectivity index (χ2n) is 3.65. The second-order valence-corrected chi connectivity index (χ2v) is 6.26. The third kappa shape index (κ3) is 9.19. The molecule has 0 bridgehead atoms. The Labute approximate surface area is 135 Å². The first kappa shape index (κ1) is 18.6. The molecular weight excluding hydrogens is 399 g/mol. The van der Waals surface area contributed by atoms with Gasteiger partial charge in [-0.15, -0.1) is 24.0 Å². The number of guanidine groups is 1. The molecule has 0 aliphatic heterocycles. The van der Waals surface area contributed by atoms with Crippen LogP contribution in [0.25, 0.3) is 0 Å². The molecule has 0 fully saturated rings. The summed E-state index contributed by atoms with van der Waals surface area (Å²) in [5.41, 5.74) is 1.19. The van der Waals surface area contributed by atoms with Crippen molar-refractivity contribution < 1.29 is 8.42 Å². The molecule has 110 valence electrons. The number of hydrogen-bond acceptors (Lipinski definition) is 4. The third-order valence-electron chi connectivity index (χ3n) is 2.05. The van der Waals surface area contributed by atoms with Crippen molar-refractivity contribution in [3.05, 3.63) is 22.4 Å². The van der Waals surface area contributed by atoms with Gasteiger partial charge in [-0.25, -0.2) is 13.1 Å². The zero-order valence-corrected chi connectivity index (χ0v) is 14.8. The molecule has 0 spiro atoms. The number of halogens is 1. The predicted molar refractivity (Wildman–Crippen MR) is 90.8 cm³/mol. The molecular formula is C10H19IN4O2S2. The van der Waals surface area contributed by atoms with Crippen molar-refractivity contribution in [3.8, 4) is 0 Å². The van der Waals surface area contributed by atoms with Crippen LogP contribution < -0.4 is 15.4 Å². The molecule has 1 rings (SSSR count). The molecule has 6 nitrogen and oxygen atoms in total. The van der Waals surface area contributed by atoms with E-state index in [4.69, 9.17) is 0 Å². The molecule has 1 aromatic heterocycles. The monoisotopic (exact) mass is 418 g/mol. The van der Waals surface area contributed by atoms with Crippen LogP contribution in [0.5, 0.6) is 0 Å². The minimum absolute atomic E-state index is 0. The molecule has 9 heteroatoms. The summed E-state index contributed by atoms with van der Waals surface area (Å²) in [7, 11) is -1.45. The van der Waals surface area contributed by atoms with E-state index in [1.54, 1.807) is 18.4 Å². The molecule has 0 saturated carbocycles. The minimum atomic E-state index is -3.13. The standard InChI is InChI=1S/C10H18N4O2S2.HI/c1-11-10(12-4-5-14-18(2,15)16)13-7-9-3-6-17-8-9;/h3,6,8,14H,4-5,7H2,1-2H3,(H2,11,12,13);1H. The van der Waals surface area contributed by atoms with Crippen molar-refractivity contribution in [2.45, 2.75) is 6.54 Å². The van der Waals surface area contributed by atoms with E-state index in [-0.39, 0.29) is 24.0 Å². The van der Waals surface area contributed by atoms with Gasteiger partial charge in [0.15, 0.2) is 5.96 Å². The molecule has 0 aliphatic carbocycles. The number of sulfonamides is 1. The lowest BCUT2D eigenvalue weighted by Gasteiger charge is -2.11. The lowest BCUT2D eigenvalue weighted by molar-refractivity contribution is 0.586. The van der Waals surface area contributed by atoms with Gasteiger partial charge in [0, 0.05) is 26.7 Å². The largest absolute Gasteiger partial charge is 0.355 e. The SMILES string of the molecule is CN=C(NCCNS(C)(=O)=O)NCc1ccsc1.I. The molecule has 0 saturated heterocycles. The van der Waals surface area contributed by atoms with Crippen LogP contribution in [0.15, 0.2) is 21.8 Å². The van der Waals surface area contributed by atoms with Crippen LogP contribution in [0.4, 0.5) is 0 Å². The summed E-state index contributed by atoms with van der Waals surface area (Å²) in [6.45, 7) is 1.51. The molecule has 1 heterocycles. The summed E-state index contributed by atoms with van der Waals surface area (Å²) < 4.78 is 24.1. The maximum atomic E-state index is 10.8. The number of nitrogens with one attached hydrogen (secondary N) is 3. The highest BCUT2D eigenvalue weighted by atomic mass is 127. The zero-order chi connectivity index (χ0) is 13.4. The van der Waals surface area contributed by atoms with E-state index in [0.29, 0.717) is 25.6 Å². The van der Waals surface area contributed by atoms with Crippen LogP contribution in [0, 0.1) is 0 Å². The lowest BCUT2D eigenvalue weighted by Crippen LogP contribution is -2.41. The van der Waals surface area contributed by atoms with E-state index in [1.807, 2.05) is 11.4 Å². The van der Waals surface area contributed by atoms with Gasteiger partial charge < -0.3 is 10.6 Å². The van der Waals surface area contributed by atoms with Gasteiger partial charge in [-0.3, -0.25) is 4.99 Å². The molecule has 3 N–H and O–H groups in total. The highest BCUT2D eigenvalue weighted by Gasteiger charge is 2.01. The summed E-state index contributed by atoms with van der Waals surface area (Å²) in [4.78, 5) is 4.04. The summed E-state index contributed by atoms with van der Waals surface area (Å²) in [6.07, 6.45) is 1.14. The molecule has 1 aromatic rings.